The SMILES string of the molecule is CCNC(=NCc1ccn[nH]1)NCC(C)Oc1ccc(Cl)cc1.I. The number of hydrogen-bond donors (Lipinski definition) is 3. The molecule has 3 N–H and O–H groups in total. The summed E-state index contributed by atoms with van der Waals surface area (Å²) >= 11 is 5.86. The zero-order chi connectivity index (χ0) is 16.5. The predicted molar refractivity (Wildman–Crippen MR) is 108 cm³/mol. The molecule has 0 aliphatic carbocycles. The summed E-state index contributed by atoms with van der Waals surface area (Å²) < 4.78 is 5.83. The largest absolute Gasteiger partial charge is 0.489 e. The number of benzene rings is 1. The van der Waals surface area contributed by atoms with E-state index in [0.717, 1.165) is 23.9 Å². The van der Waals surface area contributed by atoms with Gasteiger partial charge >= 0.3 is 0 Å². The third-order valence-corrected chi connectivity index (χ3v) is 3.27. The normalized spacial score (nSPS) is 12.2. The van der Waals surface area contributed by atoms with Crippen LogP contribution in [0, 0.1) is 0 Å². The van der Waals surface area contributed by atoms with E-state index >= 15 is 0 Å². The molecule has 0 bridgehead atoms. The van der Waals surface area contributed by atoms with Crippen molar-refractivity contribution in [3.8, 4) is 5.75 Å². The number of rotatable bonds is 7. The zero-order valence-electron chi connectivity index (χ0n) is 13.8. The molecule has 0 aliphatic rings. The van der Waals surface area contributed by atoms with E-state index in [1.165, 1.54) is 0 Å². The molecule has 1 heterocycles. The van der Waals surface area contributed by atoms with Crippen LogP contribution in [-0.2, 0) is 6.54 Å². The fraction of sp³-hybridized carbons (Fsp3) is 0.375. The molecular weight excluding hydrogens is 441 g/mol. The Bertz CT molecular complexity index is 603. The summed E-state index contributed by atoms with van der Waals surface area (Å²) in [6.45, 7) is 6.00. The van der Waals surface area contributed by atoms with E-state index in [2.05, 4.69) is 25.8 Å². The third kappa shape index (κ3) is 7.39. The first kappa shape index (κ1) is 20.6. The number of ether oxygens (including phenoxy) is 1. The van der Waals surface area contributed by atoms with Gasteiger partial charge in [0.05, 0.1) is 18.8 Å². The molecule has 2 rings (SSSR count). The lowest BCUT2D eigenvalue weighted by atomic mass is 10.3. The Morgan fingerprint density at radius 1 is 1.29 bits per heavy atom. The van der Waals surface area contributed by atoms with Gasteiger partial charge < -0.3 is 15.4 Å². The van der Waals surface area contributed by atoms with Crippen molar-refractivity contribution in [2.24, 2.45) is 4.99 Å². The van der Waals surface area contributed by atoms with E-state index < -0.39 is 0 Å². The van der Waals surface area contributed by atoms with Gasteiger partial charge in [-0.2, -0.15) is 5.10 Å². The van der Waals surface area contributed by atoms with Crippen LogP contribution in [0.5, 0.6) is 5.75 Å². The highest BCUT2D eigenvalue weighted by Gasteiger charge is 2.06. The second-order valence-corrected chi connectivity index (χ2v) is 5.48. The summed E-state index contributed by atoms with van der Waals surface area (Å²) in [4.78, 5) is 4.50. The lowest BCUT2D eigenvalue weighted by molar-refractivity contribution is 0.224. The third-order valence-electron chi connectivity index (χ3n) is 3.02. The highest BCUT2D eigenvalue weighted by atomic mass is 127. The van der Waals surface area contributed by atoms with Crippen LogP contribution in [0.4, 0.5) is 0 Å². The van der Waals surface area contributed by atoms with Crippen molar-refractivity contribution in [2.75, 3.05) is 13.1 Å². The summed E-state index contributed by atoms with van der Waals surface area (Å²) in [5.74, 6) is 1.54. The fourth-order valence-corrected chi connectivity index (χ4v) is 2.03. The minimum atomic E-state index is -0.00724. The van der Waals surface area contributed by atoms with Gasteiger partial charge in [-0.05, 0) is 44.2 Å². The van der Waals surface area contributed by atoms with Crippen LogP contribution in [-0.4, -0.2) is 35.4 Å². The highest BCUT2D eigenvalue weighted by Crippen LogP contribution is 2.16. The number of H-pyrrole nitrogens is 1. The Kier molecular flexibility index (Phi) is 9.55. The Labute approximate surface area is 164 Å². The van der Waals surface area contributed by atoms with E-state index in [1.54, 1.807) is 6.20 Å². The molecule has 2 aromatic rings. The second-order valence-electron chi connectivity index (χ2n) is 5.04. The fourth-order valence-electron chi connectivity index (χ4n) is 1.91. The molecule has 0 amide bonds. The summed E-state index contributed by atoms with van der Waals surface area (Å²) in [6.07, 6.45) is 1.71. The van der Waals surface area contributed by atoms with Crippen molar-refractivity contribution < 1.29 is 4.74 Å². The van der Waals surface area contributed by atoms with Crippen LogP contribution < -0.4 is 15.4 Å². The molecular formula is C16H23ClIN5O. The minimum absolute atomic E-state index is 0. The summed E-state index contributed by atoms with van der Waals surface area (Å²) in [6, 6.07) is 9.24. The first-order valence-corrected chi connectivity index (χ1v) is 7.98. The monoisotopic (exact) mass is 463 g/mol. The van der Waals surface area contributed by atoms with Gasteiger partial charge in [-0.15, -0.1) is 24.0 Å². The maximum absolute atomic E-state index is 5.86. The maximum atomic E-state index is 5.86. The zero-order valence-corrected chi connectivity index (χ0v) is 16.8. The number of guanidine groups is 1. The van der Waals surface area contributed by atoms with Gasteiger partial charge in [0.2, 0.25) is 0 Å². The van der Waals surface area contributed by atoms with E-state index in [-0.39, 0.29) is 30.1 Å². The number of hydrogen-bond acceptors (Lipinski definition) is 3. The van der Waals surface area contributed by atoms with Crippen LogP contribution in [0.2, 0.25) is 5.02 Å². The van der Waals surface area contributed by atoms with Crippen LogP contribution in [0.3, 0.4) is 0 Å². The Balaban J connectivity index is 0.00000288. The van der Waals surface area contributed by atoms with E-state index in [4.69, 9.17) is 16.3 Å². The van der Waals surface area contributed by atoms with Gasteiger partial charge in [0.15, 0.2) is 5.96 Å². The van der Waals surface area contributed by atoms with E-state index in [0.29, 0.717) is 18.1 Å². The molecule has 0 aliphatic heterocycles. The molecule has 0 spiro atoms. The van der Waals surface area contributed by atoms with Crippen molar-refractivity contribution >= 4 is 41.5 Å². The van der Waals surface area contributed by atoms with Crippen molar-refractivity contribution in [3.63, 3.8) is 0 Å². The van der Waals surface area contributed by atoms with Crippen LogP contribution in [0.15, 0.2) is 41.5 Å². The Hall–Kier alpha value is -1.48. The molecule has 6 nitrogen and oxygen atoms in total. The van der Waals surface area contributed by atoms with Gasteiger partial charge in [-0.3, -0.25) is 5.10 Å². The van der Waals surface area contributed by atoms with Gasteiger partial charge in [0.25, 0.3) is 0 Å². The number of aromatic nitrogens is 2. The number of nitrogens with one attached hydrogen (secondary N) is 3. The maximum Gasteiger partial charge on any atom is 0.191 e. The molecule has 1 aromatic heterocycles. The second kappa shape index (κ2) is 11.1. The average Bonchev–Trinajstić information content (AvgIpc) is 3.06. The van der Waals surface area contributed by atoms with Crippen LogP contribution in [0.25, 0.3) is 0 Å². The number of halogens is 2. The van der Waals surface area contributed by atoms with Gasteiger partial charge in [-0.1, -0.05) is 11.6 Å². The Morgan fingerprint density at radius 2 is 2.04 bits per heavy atom. The highest BCUT2D eigenvalue weighted by molar-refractivity contribution is 14.0. The topological polar surface area (TPSA) is 74.3 Å². The molecule has 24 heavy (non-hydrogen) atoms. The van der Waals surface area contributed by atoms with Gasteiger partial charge in [-0.25, -0.2) is 4.99 Å². The van der Waals surface area contributed by atoms with Crippen LogP contribution >= 0.6 is 35.6 Å². The quantitative estimate of drug-likeness (QED) is 0.335. The van der Waals surface area contributed by atoms with Crippen molar-refractivity contribution in [1.29, 1.82) is 0 Å². The number of aliphatic imine (C=N–C) groups is 1. The van der Waals surface area contributed by atoms with Crippen molar-refractivity contribution in [1.82, 2.24) is 20.8 Å². The van der Waals surface area contributed by atoms with Crippen molar-refractivity contribution in [2.45, 2.75) is 26.5 Å². The lowest BCUT2D eigenvalue weighted by Crippen LogP contribution is -2.41. The molecule has 0 saturated carbocycles. The predicted octanol–water partition coefficient (Wildman–Crippen LogP) is 3.20. The minimum Gasteiger partial charge on any atom is -0.489 e. The standard InChI is InChI=1S/C16H22ClN5O.HI/c1-3-18-16(20-11-14-8-9-21-22-14)19-10-12(2)23-15-6-4-13(17)5-7-15;/h4-9,12H,3,10-11H2,1-2H3,(H,21,22)(H2,18,19,20);1H. The van der Waals surface area contributed by atoms with Crippen molar-refractivity contribution in [3.05, 3.63) is 47.2 Å². The molecule has 0 saturated heterocycles. The smallest absolute Gasteiger partial charge is 0.191 e. The molecule has 1 aromatic carbocycles. The first-order valence-electron chi connectivity index (χ1n) is 7.60. The van der Waals surface area contributed by atoms with Crippen LogP contribution in [0.1, 0.15) is 19.5 Å². The Morgan fingerprint density at radius 3 is 2.67 bits per heavy atom. The number of nitrogens with zero attached hydrogens (tertiary/aromatic N) is 2. The first-order chi connectivity index (χ1) is 11.2. The molecule has 1 atom stereocenters. The van der Waals surface area contributed by atoms with E-state index in [1.807, 2.05) is 44.2 Å². The molecule has 132 valence electrons. The number of aromatic amines is 1. The molecule has 1 unspecified atom stereocenters. The summed E-state index contributed by atoms with van der Waals surface area (Å²) in [7, 11) is 0. The molecule has 8 heteroatoms. The average molecular weight is 464 g/mol. The summed E-state index contributed by atoms with van der Waals surface area (Å²) in [5, 5.41) is 14.0. The molecule has 0 radical (unpaired) electrons. The lowest BCUT2D eigenvalue weighted by Gasteiger charge is -2.17. The summed E-state index contributed by atoms with van der Waals surface area (Å²) in [5.41, 5.74) is 0.965. The molecule has 0 fully saturated rings. The van der Waals surface area contributed by atoms with Gasteiger partial charge in [0.1, 0.15) is 11.9 Å². The van der Waals surface area contributed by atoms with E-state index in [9.17, 15) is 0 Å². The van der Waals surface area contributed by atoms with Gasteiger partial charge in [0, 0.05) is 17.8 Å².